The van der Waals surface area contributed by atoms with Gasteiger partial charge in [-0.15, -0.1) is 0 Å². The van der Waals surface area contributed by atoms with Crippen molar-refractivity contribution in [2.45, 2.75) is 27.2 Å². The zero-order valence-corrected chi connectivity index (χ0v) is 17.6. The van der Waals surface area contributed by atoms with E-state index in [1.807, 2.05) is 32.9 Å². The van der Waals surface area contributed by atoms with Crippen LogP contribution in [-0.2, 0) is 20.8 Å². The Balaban J connectivity index is 1.87. The maximum atomic E-state index is 13.1. The molecule has 2 aromatic rings. The fourth-order valence-electron chi connectivity index (χ4n) is 2.83. The normalized spacial score (nSPS) is 10.6. The number of benzene rings is 2. The molecule has 0 saturated carbocycles. The zero-order valence-electron chi connectivity index (χ0n) is 17.6. The topological polar surface area (TPSA) is 78.5 Å². The molecule has 3 amide bonds. The summed E-state index contributed by atoms with van der Waals surface area (Å²) in [6.07, 6.45) is 0.0776. The Kier molecular flexibility index (Phi) is 8.53. The Bertz CT molecular complexity index is 864. The van der Waals surface area contributed by atoms with Crippen molar-refractivity contribution in [3.8, 4) is 0 Å². The molecule has 0 unspecified atom stereocenters. The van der Waals surface area contributed by atoms with Crippen LogP contribution in [0.3, 0.4) is 0 Å². The van der Waals surface area contributed by atoms with Crippen molar-refractivity contribution < 1.29 is 18.8 Å². The first-order chi connectivity index (χ1) is 14.2. The van der Waals surface area contributed by atoms with Crippen LogP contribution in [-0.4, -0.2) is 42.3 Å². The fourth-order valence-corrected chi connectivity index (χ4v) is 2.83. The number of nitrogens with one attached hydrogen (secondary N) is 2. The molecule has 7 heteroatoms. The molecular weight excluding hydrogens is 385 g/mol. The smallest absolute Gasteiger partial charge is 0.243 e. The lowest BCUT2D eigenvalue weighted by Gasteiger charge is -2.24. The molecule has 2 rings (SSSR count). The molecule has 0 heterocycles. The van der Waals surface area contributed by atoms with Gasteiger partial charge in [-0.3, -0.25) is 14.4 Å². The minimum Gasteiger partial charge on any atom is -0.345 e. The van der Waals surface area contributed by atoms with Gasteiger partial charge in [-0.05, 0) is 42.7 Å². The lowest BCUT2D eigenvalue weighted by molar-refractivity contribution is -0.136. The molecule has 0 aromatic heterocycles. The molecule has 2 N–H and O–H groups in total. The van der Waals surface area contributed by atoms with E-state index in [0.29, 0.717) is 17.8 Å². The third-order valence-electron chi connectivity index (χ3n) is 4.32. The summed E-state index contributed by atoms with van der Waals surface area (Å²) in [5.74, 6) is -1.19. The Morgan fingerprint density at radius 2 is 1.60 bits per heavy atom. The summed E-state index contributed by atoms with van der Waals surface area (Å²) in [7, 11) is 0. The van der Waals surface area contributed by atoms with Crippen molar-refractivity contribution in [2.75, 3.05) is 25.0 Å². The van der Waals surface area contributed by atoms with Crippen LogP contribution < -0.4 is 10.6 Å². The second kappa shape index (κ2) is 11.1. The van der Waals surface area contributed by atoms with Gasteiger partial charge >= 0.3 is 0 Å². The Morgan fingerprint density at radius 3 is 2.20 bits per heavy atom. The Labute approximate surface area is 176 Å². The summed E-state index contributed by atoms with van der Waals surface area (Å²) >= 11 is 0. The van der Waals surface area contributed by atoms with Crippen molar-refractivity contribution in [1.82, 2.24) is 10.2 Å². The van der Waals surface area contributed by atoms with E-state index >= 15 is 0 Å². The molecule has 30 heavy (non-hydrogen) atoms. The van der Waals surface area contributed by atoms with E-state index in [1.54, 1.807) is 24.3 Å². The lowest BCUT2D eigenvalue weighted by Crippen LogP contribution is -2.44. The highest BCUT2D eigenvalue weighted by atomic mass is 19.1. The van der Waals surface area contributed by atoms with Gasteiger partial charge in [0, 0.05) is 12.2 Å². The van der Waals surface area contributed by atoms with E-state index < -0.39 is 5.91 Å². The fraction of sp³-hybridized carbons (Fsp3) is 0.348. The number of hydrogen-bond acceptors (Lipinski definition) is 3. The molecule has 2 aromatic carbocycles. The Morgan fingerprint density at radius 1 is 0.967 bits per heavy atom. The van der Waals surface area contributed by atoms with Crippen molar-refractivity contribution in [2.24, 2.45) is 5.92 Å². The van der Waals surface area contributed by atoms with Crippen LogP contribution in [0.2, 0.25) is 0 Å². The van der Waals surface area contributed by atoms with Gasteiger partial charge in [-0.1, -0.05) is 43.7 Å². The number of carbonyl (C=O) groups is 3. The molecule has 0 aliphatic carbocycles. The maximum absolute atomic E-state index is 13.1. The molecule has 160 valence electrons. The standard InChI is InChI=1S/C23H28FN3O3/c1-16(2)14-27(23(30)12-18-6-8-19(24)9-7-18)15-22(29)25-13-21(28)26-20-10-4-17(3)5-11-20/h4-11,16H,12-15H2,1-3H3,(H,25,29)(H,26,28). The third kappa shape index (κ3) is 8.03. The molecule has 0 aliphatic heterocycles. The van der Waals surface area contributed by atoms with Gasteiger partial charge < -0.3 is 15.5 Å². The Hall–Kier alpha value is -3.22. The van der Waals surface area contributed by atoms with Gasteiger partial charge in [0.25, 0.3) is 0 Å². The largest absolute Gasteiger partial charge is 0.345 e. The predicted molar refractivity (Wildman–Crippen MR) is 114 cm³/mol. The van der Waals surface area contributed by atoms with Crippen LogP contribution in [0.5, 0.6) is 0 Å². The minimum absolute atomic E-state index is 0.0776. The quantitative estimate of drug-likeness (QED) is 0.664. The minimum atomic E-state index is -0.415. The number of aryl methyl sites for hydroxylation is 1. The molecule has 6 nitrogen and oxygen atoms in total. The van der Waals surface area contributed by atoms with Crippen LogP contribution in [0.1, 0.15) is 25.0 Å². The first-order valence-corrected chi connectivity index (χ1v) is 9.88. The molecule has 0 fully saturated rings. The summed E-state index contributed by atoms with van der Waals surface area (Å²) in [5, 5.41) is 5.25. The van der Waals surface area contributed by atoms with E-state index in [1.165, 1.54) is 17.0 Å². The third-order valence-corrected chi connectivity index (χ3v) is 4.32. The highest BCUT2D eigenvalue weighted by Gasteiger charge is 2.19. The van der Waals surface area contributed by atoms with Gasteiger partial charge in [0.2, 0.25) is 17.7 Å². The summed E-state index contributed by atoms with van der Waals surface area (Å²) in [4.78, 5) is 38.4. The van der Waals surface area contributed by atoms with Crippen LogP contribution >= 0.6 is 0 Å². The number of halogens is 1. The van der Waals surface area contributed by atoms with Gasteiger partial charge in [-0.25, -0.2) is 4.39 Å². The monoisotopic (exact) mass is 413 g/mol. The average molecular weight is 413 g/mol. The molecule has 0 saturated heterocycles. The maximum Gasteiger partial charge on any atom is 0.243 e. The summed E-state index contributed by atoms with van der Waals surface area (Å²) in [5.41, 5.74) is 2.40. The first-order valence-electron chi connectivity index (χ1n) is 9.88. The SMILES string of the molecule is Cc1ccc(NC(=O)CNC(=O)CN(CC(C)C)C(=O)Cc2ccc(F)cc2)cc1. The van der Waals surface area contributed by atoms with E-state index in [4.69, 9.17) is 0 Å². The van der Waals surface area contributed by atoms with Gasteiger partial charge in [0.05, 0.1) is 19.5 Å². The number of hydrogen-bond donors (Lipinski definition) is 2. The van der Waals surface area contributed by atoms with Crippen LogP contribution in [0, 0.1) is 18.7 Å². The second-order valence-corrected chi connectivity index (χ2v) is 7.66. The van der Waals surface area contributed by atoms with Gasteiger partial charge in [0.15, 0.2) is 0 Å². The van der Waals surface area contributed by atoms with E-state index in [0.717, 1.165) is 5.56 Å². The van der Waals surface area contributed by atoms with E-state index in [9.17, 15) is 18.8 Å². The molecule has 0 radical (unpaired) electrons. The van der Waals surface area contributed by atoms with Crippen LogP contribution in [0.4, 0.5) is 10.1 Å². The highest BCUT2D eigenvalue weighted by molar-refractivity contribution is 5.95. The van der Waals surface area contributed by atoms with E-state index in [2.05, 4.69) is 10.6 Å². The van der Waals surface area contributed by atoms with Gasteiger partial charge in [0.1, 0.15) is 5.82 Å². The number of carbonyl (C=O) groups excluding carboxylic acids is 3. The molecule has 0 spiro atoms. The van der Waals surface area contributed by atoms with Crippen molar-refractivity contribution in [1.29, 1.82) is 0 Å². The summed E-state index contributed by atoms with van der Waals surface area (Å²) in [6, 6.07) is 13.0. The first kappa shape index (κ1) is 23.1. The summed E-state index contributed by atoms with van der Waals surface area (Å²) in [6.45, 7) is 5.93. The lowest BCUT2D eigenvalue weighted by atomic mass is 10.1. The molecule has 0 aliphatic rings. The highest BCUT2D eigenvalue weighted by Crippen LogP contribution is 2.09. The van der Waals surface area contributed by atoms with Crippen molar-refractivity contribution in [3.63, 3.8) is 0 Å². The molecule has 0 bridgehead atoms. The number of anilines is 1. The van der Waals surface area contributed by atoms with Crippen LogP contribution in [0.15, 0.2) is 48.5 Å². The predicted octanol–water partition coefficient (Wildman–Crippen LogP) is 2.92. The average Bonchev–Trinajstić information content (AvgIpc) is 2.69. The van der Waals surface area contributed by atoms with Gasteiger partial charge in [-0.2, -0.15) is 0 Å². The zero-order chi connectivity index (χ0) is 22.1. The van der Waals surface area contributed by atoms with Crippen molar-refractivity contribution in [3.05, 3.63) is 65.5 Å². The second-order valence-electron chi connectivity index (χ2n) is 7.66. The summed E-state index contributed by atoms with van der Waals surface area (Å²) < 4.78 is 13.1. The van der Waals surface area contributed by atoms with Crippen molar-refractivity contribution >= 4 is 23.4 Å². The van der Waals surface area contributed by atoms with E-state index in [-0.39, 0.29) is 43.1 Å². The molecule has 0 atom stereocenters. The number of nitrogens with zero attached hydrogens (tertiary/aromatic N) is 1. The van der Waals surface area contributed by atoms with Crippen LogP contribution in [0.25, 0.3) is 0 Å². The number of amides is 3. The number of rotatable bonds is 9. The molecular formula is C23H28FN3O3.